The van der Waals surface area contributed by atoms with Crippen LogP contribution in [0, 0.1) is 0 Å². The van der Waals surface area contributed by atoms with Gasteiger partial charge in [0, 0.05) is 12.0 Å². The average molecular weight is 232 g/mol. The normalized spacial score (nSPS) is 10.7. The highest BCUT2D eigenvalue weighted by molar-refractivity contribution is 5.55. The minimum atomic E-state index is 0.0222. The second kappa shape index (κ2) is 5.59. The van der Waals surface area contributed by atoms with Crippen molar-refractivity contribution in [3.8, 4) is 11.4 Å². The SMILES string of the molecule is CCCCc1nc(-c2cccc(CO)c2)no1. The molecule has 0 amide bonds. The van der Waals surface area contributed by atoms with Gasteiger partial charge in [0.15, 0.2) is 0 Å². The summed E-state index contributed by atoms with van der Waals surface area (Å²) in [5, 5.41) is 13.0. The van der Waals surface area contributed by atoms with Gasteiger partial charge in [-0.05, 0) is 18.1 Å². The van der Waals surface area contributed by atoms with E-state index in [0.717, 1.165) is 30.4 Å². The van der Waals surface area contributed by atoms with Crippen LogP contribution in [0.2, 0.25) is 0 Å². The number of hydrogen-bond acceptors (Lipinski definition) is 4. The third-order valence-corrected chi connectivity index (χ3v) is 2.58. The van der Waals surface area contributed by atoms with Crippen LogP contribution in [0.4, 0.5) is 0 Å². The quantitative estimate of drug-likeness (QED) is 0.860. The first-order valence-corrected chi connectivity index (χ1v) is 5.86. The largest absolute Gasteiger partial charge is 0.392 e. The molecule has 0 radical (unpaired) electrons. The summed E-state index contributed by atoms with van der Waals surface area (Å²) in [4.78, 5) is 4.33. The molecular formula is C13H16N2O2. The number of aliphatic hydroxyl groups is 1. The molecular weight excluding hydrogens is 216 g/mol. The van der Waals surface area contributed by atoms with Gasteiger partial charge in [0.1, 0.15) is 0 Å². The van der Waals surface area contributed by atoms with Crippen LogP contribution in [0.5, 0.6) is 0 Å². The molecule has 1 N–H and O–H groups in total. The Balaban J connectivity index is 2.18. The van der Waals surface area contributed by atoms with Crippen molar-refractivity contribution < 1.29 is 9.63 Å². The van der Waals surface area contributed by atoms with E-state index in [1.54, 1.807) is 0 Å². The van der Waals surface area contributed by atoms with E-state index in [1.807, 2.05) is 24.3 Å². The Hall–Kier alpha value is -1.68. The number of benzene rings is 1. The number of unbranched alkanes of at least 4 members (excludes halogenated alkanes) is 1. The number of aromatic nitrogens is 2. The van der Waals surface area contributed by atoms with Gasteiger partial charge in [-0.25, -0.2) is 0 Å². The third-order valence-electron chi connectivity index (χ3n) is 2.58. The maximum absolute atomic E-state index is 9.07. The van der Waals surface area contributed by atoms with E-state index in [1.165, 1.54) is 0 Å². The minimum absolute atomic E-state index is 0.0222. The molecule has 0 aliphatic heterocycles. The lowest BCUT2D eigenvalue weighted by Gasteiger charge is -1.97. The number of aryl methyl sites for hydroxylation is 1. The van der Waals surface area contributed by atoms with Crippen molar-refractivity contribution in [2.24, 2.45) is 0 Å². The zero-order valence-electron chi connectivity index (χ0n) is 9.89. The van der Waals surface area contributed by atoms with Crippen LogP contribution < -0.4 is 0 Å². The van der Waals surface area contributed by atoms with E-state index < -0.39 is 0 Å². The molecule has 1 aromatic heterocycles. The summed E-state index contributed by atoms with van der Waals surface area (Å²) < 4.78 is 5.17. The lowest BCUT2D eigenvalue weighted by atomic mass is 10.1. The minimum Gasteiger partial charge on any atom is -0.392 e. The summed E-state index contributed by atoms with van der Waals surface area (Å²) >= 11 is 0. The smallest absolute Gasteiger partial charge is 0.226 e. The molecule has 1 heterocycles. The topological polar surface area (TPSA) is 59.2 Å². The van der Waals surface area contributed by atoms with Gasteiger partial charge < -0.3 is 9.63 Å². The number of hydrogen-bond donors (Lipinski definition) is 1. The predicted molar refractivity (Wildman–Crippen MR) is 64.3 cm³/mol. The molecule has 90 valence electrons. The molecule has 0 bridgehead atoms. The standard InChI is InChI=1S/C13H16N2O2/c1-2-3-7-12-14-13(15-17-12)11-6-4-5-10(8-11)9-16/h4-6,8,16H,2-3,7,9H2,1H3. The van der Waals surface area contributed by atoms with Gasteiger partial charge in [0.2, 0.25) is 11.7 Å². The molecule has 0 spiro atoms. The summed E-state index contributed by atoms with van der Waals surface area (Å²) in [6.45, 7) is 2.15. The van der Waals surface area contributed by atoms with Crippen molar-refractivity contribution in [2.75, 3.05) is 0 Å². The molecule has 2 rings (SSSR count). The van der Waals surface area contributed by atoms with Gasteiger partial charge in [-0.2, -0.15) is 4.98 Å². The molecule has 0 aliphatic carbocycles. The Morgan fingerprint density at radius 1 is 1.35 bits per heavy atom. The number of nitrogens with zero attached hydrogens (tertiary/aromatic N) is 2. The summed E-state index contributed by atoms with van der Waals surface area (Å²) in [6.07, 6.45) is 2.99. The maximum atomic E-state index is 9.07. The van der Waals surface area contributed by atoms with E-state index in [4.69, 9.17) is 9.63 Å². The van der Waals surface area contributed by atoms with Gasteiger partial charge in [-0.15, -0.1) is 0 Å². The van der Waals surface area contributed by atoms with Gasteiger partial charge in [0.05, 0.1) is 6.61 Å². The van der Waals surface area contributed by atoms with Gasteiger partial charge in [-0.3, -0.25) is 0 Å². The first-order chi connectivity index (χ1) is 8.33. The predicted octanol–water partition coefficient (Wildman–Crippen LogP) is 2.57. The van der Waals surface area contributed by atoms with E-state index in [0.29, 0.717) is 11.7 Å². The average Bonchev–Trinajstić information content (AvgIpc) is 2.85. The highest BCUT2D eigenvalue weighted by atomic mass is 16.5. The van der Waals surface area contributed by atoms with Crippen molar-refractivity contribution in [2.45, 2.75) is 32.8 Å². The highest BCUT2D eigenvalue weighted by Gasteiger charge is 2.08. The van der Waals surface area contributed by atoms with Crippen LogP contribution in [0.15, 0.2) is 28.8 Å². The molecule has 1 aromatic carbocycles. The van der Waals surface area contributed by atoms with Crippen molar-refractivity contribution in [1.29, 1.82) is 0 Å². The zero-order valence-corrected chi connectivity index (χ0v) is 9.89. The second-order valence-electron chi connectivity index (χ2n) is 3.97. The Labute approximate surface area is 100 Å². The van der Waals surface area contributed by atoms with Crippen LogP contribution >= 0.6 is 0 Å². The van der Waals surface area contributed by atoms with Crippen LogP contribution in [-0.2, 0) is 13.0 Å². The number of rotatable bonds is 5. The second-order valence-corrected chi connectivity index (χ2v) is 3.97. The van der Waals surface area contributed by atoms with E-state index in [-0.39, 0.29) is 6.61 Å². The van der Waals surface area contributed by atoms with Crippen molar-refractivity contribution >= 4 is 0 Å². The first kappa shape index (κ1) is 11.8. The summed E-state index contributed by atoms with van der Waals surface area (Å²) in [5.41, 5.74) is 1.73. The van der Waals surface area contributed by atoms with Gasteiger partial charge >= 0.3 is 0 Å². The summed E-state index contributed by atoms with van der Waals surface area (Å²) in [5.74, 6) is 1.27. The fraction of sp³-hybridized carbons (Fsp3) is 0.385. The van der Waals surface area contributed by atoms with Crippen LogP contribution in [-0.4, -0.2) is 15.2 Å². The Kier molecular flexibility index (Phi) is 3.88. The highest BCUT2D eigenvalue weighted by Crippen LogP contribution is 2.17. The first-order valence-electron chi connectivity index (χ1n) is 5.86. The Morgan fingerprint density at radius 3 is 3.00 bits per heavy atom. The molecule has 4 nitrogen and oxygen atoms in total. The molecule has 0 atom stereocenters. The molecule has 2 aromatic rings. The van der Waals surface area contributed by atoms with E-state index in [9.17, 15) is 0 Å². The van der Waals surface area contributed by atoms with Crippen molar-refractivity contribution in [3.63, 3.8) is 0 Å². The molecule has 4 heteroatoms. The molecule has 17 heavy (non-hydrogen) atoms. The molecule has 0 unspecified atom stereocenters. The van der Waals surface area contributed by atoms with E-state index >= 15 is 0 Å². The lowest BCUT2D eigenvalue weighted by molar-refractivity contribution is 0.282. The monoisotopic (exact) mass is 232 g/mol. The van der Waals surface area contributed by atoms with Crippen LogP contribution in [0.25, 0.3) is 11.4 Å². The molecule has 0 aliphatic rings. The molecule has 0 saturated carbocycles. The van der Waals surface area contributed by atoms with Crippen LogP contribution in [0.1, 0.15) is 31.2 Å². The Morgan fingerprint density at radius 2 is 2.24 bits per heavy atom. The zero-order chi connectivity index (χ0) is 12.1. The third kappa shape index (κ3) is 2.91. The number of aliphatic hydroxyl groups excluding tert-OH is 1. The van der Waals surface area contributed by atoms with Crippen molar-refractivity contribution in [3.05, 3.63) is 35.7 Å². The van der Waals surface area contributed by atoms with Gasteiger partial charge in [0.25, 0.3) is 0 Å². The fourth-order valence-electron chi connectivity index (χ4n) is 1.61. The lowest BCUT2D eigenvalue weighted by Crippen LogP contribution is -1.87. The summed E-state index contributed by atoms with van der Waals surface area (Å²) in [6, 6.07) is 7.52. The maximum Gasteiger partial charge on any atom is 0.226 e. The summed E-state index contributed by atoms with van der Waals surface area (Å²) in [7, 11) is 0. The molecule has 0 saturated heterocycles. The van der Waals surface area contributed by atoms with Crippen molar-refractivity contribution in [1.82, 2.24) is 10.1 Å². The van der Waals surface area contributed by atoms with Gasteiger partial charge in [-0.1, -0.05) is 36.7 Å². The van der Waals surface area contributed by atoms with Crippen LogP contribution in [0.3, 0.4) is 0 Å². The Bertz CT molecular complexity index is 480. The van der Waals surface area contributed by atoms with E-state index in [2.05, 4.69) is 17.1 Å². The fourth-order valence-corrected chi connectivity index (χ4v) is 1.61. The molecule has 0 fully saturated rings.